The van der Waals surface area contributed by atoms with Crippen molar-refractivity contribution in [3.05, 3.63) is 54.1 Å². The second kappa shape index (κ2) is 10.9. The van der Waals surface area contributed by atoms with Gasteiger partial charge in [-0.2, -0.15) is 0 Å². The third kappa shape index (κ3) is 7.42. The number of carbonyl (C=O) groups excluding carboxylic acids is 2. The smallest absolute Gasteiger partial charge is 0.410 e. The number of anilines is 1. The SMILES string of the molecule is CC(C)(C)OC(=O)NC1CCC(N(C(=O)OC(C)(C)C)C2C[C@@H]2c2ccc(-c3cccc(N)c3)cc2)CC1. The van der Waals surface area contributed by atoms with E-state index in [4.69, 9.17) is 15.2 Å². The zero-order chi connectivity index (χ0) is 27.7. The molecule has 1 unspecified atom stereocenters. The monoisotopic (exact) mass is 521 g/mol. The van der Waals surface area contributed by atoms with E-state index in [2.05, 4.69) is 35.6 Å². The first-order valence-electron chi connectivity index (χ1n) is 13.8. The van der Waals surface area contributed by atoms with Crippen LogP contribution in [0.5, 0.6) is 0 Å². The van der Waals surface area contributed by atoms with Crippen molar-refractivity contribution in [3.8, 4) is 11.1 Å². The number of rotatable bonds is 5. The zero-order valence-electron chi connectivity index (χ0n) is 23.6. The minimum absolute atomic E-state index is 0.0520. The van der Waals surface area contributed by atoms with Gasteiger partial charge in [0, 0.05) is 29.7 Å². The Kier molecular flexibility index (Phi) is 7.96. The van der Waals surface area contributed by atoms with E-state index in [1.807, 2.05) is 64.6 Å². The average molecular weight is 522 g/mol. The van der Waals surface area contributed by atoms with Crippen LogP contribution in [-0.4, -0.2) is 46.4 Å². The summed E-state index contributed by atoms with van der Waals surface area (Å²) in [6.45, 7) is 11.3. The van der Waals surface area contributed by atoms with Gasteiger partial charge in [-0.3, -0.25) is 0 Å². The molecule has 2 amide bonds. The summed E-state index contributed by atoms with van der Waals surface area (Å²) in [5.41, 5.74) is 9.07. The summed E-state index contributed by atoms with van der Waals surface area (Å²) in [7, 11) is 0. The van der Waals surface area contributed by atoms with Gasteiger partial charge in [0.2, 0.25) is 0 Å². The molecule has 2 atom stereocenters. The Bertz CT molecular complexity index is 1130. The summed E-state index contributed by atoms with van der Waals surface area (Å²) in [5.74, 6) is 0.287. The molecular formula is C31H43N3O4. The molecule has 7 heteroatoms. The molecule has 0 heterocycles. The Balaban J connectivity index is 1.42. The van der Waals surface area contributed by atoms with E-state index in [0.717, 1.165) is 48.9 Å². The largest absolute Gasteiger partial charge is 0.444 e. The summed E-state index contributed by atoms with van der Waals surface area (Å²) in [6.07, 6.45) is 3.53. The first kappa shape index (κ1) is 27.8. The Hall–Kier alpha value is -3.22. The van der Waals surface area contributed by atoms with Crippen LogP contribution >= 0.6 is 0 Å². The van der Waals surface area contributed by atoms with Crippen molar-refractivity contribution in [1.82, 2.24) is 10.2 Å². The van der Waals surface area contributed by atoms with Gasteiger partial charge in [-0.15, -0.1) is 0 Å². The number of nitrogens with zero attached hydrogens (tertiary/aromatic N) is 1. The molecule has 2 saturated carbocycles. The third-order valence-corrected chi connectivity index (χ3v) is 7.09. The lowest BCUT2D eigenvalue weighted by Crippen LogP contribution is -2.49. The second-order valence-corrected chi connectivity index (χ2v) is 12.7. The molecule has 2 aromatic carbocycles. The number of nitrogens with one attached hydrogen (secondary N) is 1. The van der Waals surface area contributed by atoms with Gasteiger partial charge in [-0.25, -0.2) is 9.59 Å². The minimum atomic E-state index is -0.561. The maximum absolute atomic E-state index is 13.4. The first-order chi connectivity index (χ1) is 17.8. The summed E-state index contributed by atoms with van der Waals surface area (Å²) in [5, 5.41) is 3.00. The predicted molar refractivity (Wildman–Crippen MR) is 151 cm³/mol. The van der Waals surface area contributed by atoms with Gasteiger partial charge < -0.3 is 25.4 Å². The van der Waals surface area contributed by atoms with Crippen LogP contribution < -0.4 is 11.1 Å². The van der Waals surface area contributed by atoms with Crippen LogP contribution in [0, 0.1) is 0 Å². The number of benzene rings is 2. The molecule has 0 saturated heterocycles. The van der Waals surface area contributed by atoms with E-state index in [9.17, 15) is 9.59 Å². The number of amides is 2. The molecule has 0 bridgehead atoms. The summed E-state index contributed by atoms with van der Waals surface area (Å²) in [4.78, 5) is 27.6. The molecular weight excluding hydrogens is 478 g/mol. The van der Waals surface area contributed by atoms with E-state index in [1.165, 1.54) is 5.56 Å². The summed E-state index contributed by atoms with van der Waals surface area (Å²) in [6, 6.07) is 16.7. The Morgan fingerprint density at radius 3 is 2.08 bits per heavy atom. The topological polar surface area (TPSA) is 93.9 Å². The Morgan fingerprint density at radius 2 is 1.50 bits per heavy atom. The average Bonchev–Trinajstić information content (AvgIpc) is 3.58. The van der Waals surface area contributed by atoms with Gasteiger partial charge >= 0.3 is 12.2 Å². The lowest BCUT2D eigenvalue weighted by molar-refractivity contribution is 0.00744. The molecule has 7 nitrogen and oxygen atoms in total. The van der Waals surface area contributed by atoms with Crippen LogP contribution in [0.25, 0.3) is 11.1 Å². The highest BCUT2D eigenvalue weighted by molar-refractivity contribution is 5.71. The van der Waals surface area contributed by atoms with Gasteiger partial charge in [0.05, 0.1) is 0 Å². The Labute approximate surface area is 227 Å². The molecule has 2 aliphatic rings. The summed E-state index contributed by atoms with van der Waals surface area (Å²) < 4.78 is 11.3. The zero-order valence-corrected chi connectivity index (χ0v) is 23.6. The van der Waals surface area contributed by atoms with Crippen molar-refractivity contribution in [2.24, 2.45) is 0 Å². The molecule has 3 N–H and O–H groups in total. The quantitative estimate of drug-likeness (QED) is 0.419. The lowest BCUT2D eigenvalue weighted by Gasteiger charge is -2.38. The van der Waals surface area contributed by atoms with E-state index < -0.39 is 11.2 Å². The highest BCUT2D eigenvalue weighted by Gasteiger charge is 2.49. The van der Waals surface area contributed by atoms with Gasteiger partial charge in [-0.1, -0.05) is 36.4 Å². The molecule has 206 valence electrons. The van der Waals surface area contributed by atoms with Crippen molar-refractivity contribution >= 4 is 17.9 Å². The van der Waals surface area contributed by atoms with Gasteiger partial charge in [0.25, 0.3) is 0 Å². The summed E-state index contributed by atoms with van der Waals surface area (Å²) >= 11 is 0. The van der Waals surface area contributed by atoms with Crippen molar-refractivity contribution in [2.75, 3.05) is 5.73 Å². The lowest BCUT2D eigenvalue weighted by atomic mass is 9.90. The second-order valence-electron chi connectivity index (χ2n) is 12.7. The molecule has 0 aliphatic heterocycles. The van der Waals surface area contributed by atoms with E-state index >= 15 is 0 Å². The molecule has 2 aliphatic carbocycles. The fourth-order valence-corrected chi connectivity index (χ4v) is 5.33. The van der Waals surface area contributed by atoms with Gasteiger partial charge in [0.1, 0.15) is 11.2 Å². The first-order valence-corrected chi connectivity index (χ1v) is 13.8. The highest BCUT2D eigenvalue weighted by atomic mass is 16.6. The van der Waals surface area contributed by atoms with Crippen molar-refractivity contribution < 1.29 is 19.1 Å². The molecule has 2 fully saturated rings. The standard InChI is InChI=1S/C31H43N3O4/c1-30(2,3)37-28(35)33-24-14-16-25(17-15-24)34(29(36)38-31(4,5)6)27-19-26(27)21-12-10-20(11-13-21)22-8-7-9-23(32)18-22/h7-13,18,24-27H,14-17,19,32H2,1-6H3,(H,33,35)/t24?,25?,26-,27?/m1/s1. The Morgan fingerprint density at radius 1 is 0.868 bits per heavy atom. The van der Waals surface area contributed by atoms with Crippen molar-refractivity contribution in [3.63, 3.8) is 0 Å². The van der Waals surface area contributed by atoms with E-state index in [0.29, 0.717) is 0 Å². The molecule has 0 spiro atoms. The fraction of sp³-hybridized carbons (Fsp3) is 0.548. The van der Waals surface area contributed by atoms with Gasteiger partial charge in [0.15, 0.2) is 0 Å². The van der Waals surface area contributed by atoms with Crippen molar-refractivity contribution in [1.29, 1.82) is 0 Å². The number of alkyl carbamates (subject to hydrolysis) is 1. The predicted octanol–water partition coefficient (Wildman–Crippen LogP) is 6.86. The normalized spacial score (nSPS) is 23.3. The fourth-order valence-electron chi connectivity index (χ4n) is 5.33. The van der Waals surface area contributed by atoms with Crippen LogP contribution in [0.3, 0.4) is 0 Å². The van der Waals surface area contributed by atoms with Crippen LogP contribution in [-0.2, 0) is 9.47 Å². The van der Waals surface area contributed by atoms with E-state index in [-0.39, 0.29) is 36.2 Å². The maximum atomic E-state index is 13.4. The molecule has 0 aromatic heterocycles. The molecule has 2 aromatic rings. The van der Waals surface area contributed by atoms with E-state index in [1.54, 1.807) is 0 Å². The maximum Gasteiger partial charge on any atom is 0.410 e. The number of hydrogen-bond acceptors (Lipinski definition) is 5. The number of hydrogen-bond donors (Lipinski definition) is 2. The number of carbonyl (C=O) groups is 2. The van der Waals surface area contributed by atoms with Crippen molar-refractivity contribution in [2.45, 2.75) is 109 Å². The van der Waals surface area contributed by atoms with Crippen LogP contribution in [0.4, 0.5) is 15.3 Å². The molecule has 4 rings (SSSR count). The number of nitrogens with two attached hydrogens (primary N) is 1. The highest BCUT2D eigenvalue weighted by Crippen LogP contribution is 2.47. The number of nitrogen functional groups attached to an aromatic ring is 1. The van der Waals surface area contributed by atoms with Crippen LogP contribution in [0.1, 0.15) is 85.1 Å². The third-order valence-electron chi connectivity index (χ3n) is 7.09. The van der Waals surface area contributed by atoms with Gasteiger partial charge in [-0.05, 0) is 102 Å². The molecule has 38 heavy (non-hydrogen) atoms. The van der Waals surface area contributed by atoms with Crippen LogP contribution in [0.2, 0.25) is 0 Å². The number of ether oxygens (including phenoxy) is 2. The minimum Gasteiger partial charge on any atom is -0.444 e. The molecule has 0 radical (unpaired) electrons. The van der Waals surface area contributed by atoms with Crippen LogP contribution in [0.15, 0.2) is 48.5 Å².